The Hall–Kier alpha value is -1.91. The lowest BCUT2D eigenvalue weighted by molar-refractivity contribution is 0.0954. The predicted octanol–water partition coefficient (Wildman–Crippen LogP) is 6.07. The number of nitrogens with one attached hydrogen (secondary N) is 1. The van der Waals surface area contributed by atoms with E-state index < -0.39 is 0 Å². The van der Waals surface area contributed by atoms with Gasteiger partial charge in [0.1, 0.15) is 0 Å². The summed E-state index contributed by atoms with van der Waals surface area (Å²) < 4.78 is 0. The standard InChI is InChI=1S/C24H27ClN2OS/c25-21-9-6-19(7-10-21)17-27-14-15-29-23-11-8-20(16-22(23)27)24(28)26-13-12-18-4-2-1-3-5-18/h4,6-11,16H,1-3,5,12-15,17H2,(H,26,28). The summed E-state index contributed by atoms with van der Waals surface area (Å²) in [6.45, 7) is 2.51. The van der Waals surface area contributed by atoms with Crippen molar-refractivity contribution >= 4 is 35.0 Å². The van der Waals surface area contributed by atoms with Gasteiger partial charge in [0, 0.05) is 40.9 Å². The molecule has 0 unspecified atom stereocenters. The van der Waals surface area contributed by atoms with Crippen LogP contribution in [0.3, 0.4) is 0 Å². The van der Waals surface area contributed by atoms with E-state index >= 15 is 0 Å². The normalized spacial score (nSPS) is 16.2. The molecule has 0 aromatic heterocycles. The van der Waals surface area contributed by atoms with Gasteiger partial charge in [0.2, 0.25) is 0 Å². The molecule has 4 rings (SSSR count). The third-order valence-electron chi connectivity index (χ3n) is 5.58. The number of carbonyl (C=O) groups is 1. The summed E-state index contributed by atoms with van der Waals surface area (Å²) in [6, 6.07) is 14.1. The van der Waals surface area contributed by atoms with E-state index in [0.29, 0.717) is 6.54 Å². The van der Waals surface area contributed by atoms with E-state index in [9.17, 15) is 4.79 Å². The molecule has 0 radical (unpaired) electrons. The monoisotopic (exact) mass is 426 g/mol. The quantitative estimate of drug-likeness (QED) is 0.568. The van der Waals surface area contributed by atoms with E-state index in [2.05, 4.69) is 34.5 Å². The summed E-state index contributed by atoms with van der Waals surface area (Å²) in [5, 5.41) is 3.86. The van der Waals surface area contributed by atoms with Gasteiger partial charge in [-0.2, -0.15) is 0 Å². The molecule has 0 fully saturated rings. The number of hydrogen-bond donors (Lipinski definition) is 1. The first-order chi connectivity index (χ1) is 14.2. The van der Waals surface area contributed by atoms with Crippen LogP contribution in [0.1, 0.15) is 48.0 Å². The molecule has 0 atom stereocenters. The molecule has 1 aliphatic carbocycles. The molecule has 2 aliphatic rings. The fourth-order valence-corrected chi connectivity index (χ4v) is 5.12. The molecule has 152 valence electrons. The smallest absolute Gasteiger partial charge is 0.251 e. The second-order valence-corrected chi connectivity index (χ2v) is 9.27. The number of hydrogen-bond acceptors (Lipinski definition) is 3. The molecule has 2 aromatic rings. The van der Waals surface area contributed by atoms with Crippen LogP contribution in [-0.2, 0) is 6.54 Å². The van der Waals surface area contributed by atoms with Gasteiger partial charge < -0.3 is 10.2 Å². The number of thioether (sulfide) groups is 1. The van der Waals surface area contributed by atoms with Crippen molar-refractivity contribution in [3.8, 4) is 0 Å². The van der Waals surface area contributed by atoms with Gasteiger partial charge in [-0.3, -0.25) is 4.79 Å². The van der Waals surface area contributed by atoms with Crippen LogP contribution < -0.4 is 10.2 Å². The third kappa shape index (κ3) is 5.37. The summed E-state index contributed by atoms with van der Waals surface area (Å²) in [5.74, 6) is 1.08. The number of fused-ring (bicyclic) bond motifs is 1. The van der Waals surface area contributed by atoms with Gasteiger partial charge in [0.15, 0.2) is 0 Å². The van der Waals surface area contributed by atoms with Crippen molar-refractivity contribution in [2.24, 2.45) is 0 Å². The lowest BCUT2D eigenvalue weighted by atomic mass is 9.97. The largest absolute Gasteiger partial charge is 0.365 e. The SMILES string of the molecule is O=C(NCCC1=CCCCC1)c1ccc2c(c1)N(Cc1ccc(Cl)cc1)CCS2. The van der Waals surface area contributed by atoms with Crippen LogP contribution in [0.2, 0.25) is 5.02 Å². The highest BCUT2D eigenvalue weighted by Crippen LogP contribution is 2.36. The van der Waals surface area contributed by atoms with E-state index in [1.807, 2.05) is 36.0 Å². The van der Waals surface area contributed by atoms with Crippen LogP contribution in [0.4, 0.5) is 5.69 Å². The van der Waals surface area contributed by atoms with Gasteiger partial charge in [0.05, 0.1) is 5.69 Å². The first-order valence-corrected chi connectivity index (χ1v) is 11.8. The van der Waals surface area contributed by atoms with E-state index in [4.69, 9.17) is 11.6 Å². The molecule has 0 saturated heterocycles. The molecular formula is C24H27ClN2OS. The van der Waals surface area contributed by atoms with Crippen LogP contribution in [0.25, 0.3) is 0 Å². The maximum Gasteiger partial charge on any atom is 0.251 e. The summed E-state index contributed by atoms with van der Waals surface area (Å²) in [6.07, 6.45) is 8.28. The number of benzene rings is 2. The topological polar surface area (TPSA) is 32.3 Å². The molecule has 0 saturated carbocycles. The van der Waals surface area contributed by atoms with Crippen molar-refractivity contribution in [1.82, 2.24) is 5.32 Å². The van der Waals surface area contributed by atoms with E-state index in [0.717, 1.165) is 41.5 Å². The minimum absolute atomic E-state index is 0.0197. The first-order valence-electron chi connectivity index (χ1n) is 10.4. The molecule has 0 bridgehead atoms. The summed E-state index contributed by atoms with van der Waals surface area (Å²) in [5.41, 5.74) is 4.61. The lowest BCUT2D eigenvalue weighted by Crippen LogP contribution is -2.30. The molecule has 3 nitrogen and oxygen atoms in total. The van der Waals surface area contributed by atoms with Crippen molar-refractivity contribution in [1.29, 1.82) is 0 Å². The maximum atomic E-state index is 12.7. The third-order valence-corrected chi connectivity index (χ3v) is 6.88. The van der Waals surface area contributed by atoms with Crippen LogP contribution in [0.15, 0.2) is 59.0 Å². The summed E-state index contributed by atoms with van der Waals surface area (Å²) in [7, 11) is 0. The fourth-order valence-electron chi connectivity index (χ4n) is 3.96. The van der Waals surface area contributed by atoms with Gasteiger partial charge in [-0.25, -0.2) is 0 Å². The number of anilines is 1. The lowest BCUT2D eigenvalue weighted by Gasteiger charge is -2.31. The molecular weight excluding hydrogens is 400 g/mol. The number of amides is 1. The van der Waals surface area contributed by atoms with Gasteiger partial charge in [0.25, 0.3) is 5.91 Å². The van der Waals surface area contributed by atoms with Crippen molar-refractivity contribution in [2.45, 2.75) is 43.5 Å². The average Bonchev–Trinajstić information content (AvgIpc) is 2.76. The Kier molecular flexibility index (Phi) is 6.83. The van der Waals surface area contributed by atoms with Gasteiger partial charge in [-0.1, -0.05) is 35.4 Å². The van der Waals surface area contributed by atoms with Crippen LogP contribution >= 0.6 is 23.4 Å². The highest BCUT2D eigenvalue weighted by molar-refractivity contribution is 7.99. The highest BCUT2D eigenvalue weighted by atomic mass is 35.5. The van der Waals surface area contributed by atoms with E-state index in [1.54, 1.807) is 0 Å². The molecule has 29 heavy (non-hydrogen) atoms. The van der Waals surface area contributed by atoms with Crippen molar-refractivity contribution in [3.05, 3.63) is 70.3 Å². The minimum Gasteiger partial charge on any atom is -0.365 e. The van der Waals surface area contributed by atoms with Crippen molar-refractivity contribution in [2.75, 3.05) is 23.7 Å². The average molecular weight is 427 g/mol. The summed E-state index contributed by atoms with van der Waals surface area (Å²) in [4.78, 5) is 16.3. The van der Waals surface area contributed by atoms with E-state index in [1.165, 1.54) is 41.7 Å². The molecule has 1 aliphatic heterocycles. The maximum absolute atomic E-state index is 12.7. The Balaban J connectivity index is 1.42. The Bertz CT molecular complexity index is 894. The molecule has 1 N–H and O–H groups in total. The van der Waals surface area contributed by atoms with Crippen molar-refractivity contribution < 1.29 is 4.79 Å². The van der Waals surface area contributed by atoms with Crippen LogP contribution in [-0.4, -0.2) is 24.7 Å². The van der Waals surface area contributed by atoms with Crippen LogP contribution in [0, 0.1) is 0 Å². The number of allylic oxidation sites excluding steroid dienone is 1. The molecule has 0 spiro atoms. The molecule has 5 heteroatoms. The number of nitrogens with zero attached hydrogens (tertiary/aromatic N) is 1. The zero-order valence-corrected chi connectivity index (χ0v) is 18.2. The second kappa shape index (κ2) is 9.73. The van der Waals surface area contributed by atoms with Gasteiger partial charge >= 0.3 is 0 Å². The minimum atomic E-state index is 0.0197. The van der Waals surface area contributed by atoms with Crippen molar-refractivity contribution in [3.63, 3.8) is 0 Å². The van der Waals surface area contributed by atoms with Crippen LogP contribution in [0.5, 0.6) is 0 Å². The molecule has 2 aromatic carbocycles. The Morgan fingerprint density at radius 1 is 1.14 bits per heavy atom. The Labute approximate surface area is 182 Å². The number of carbonyl (C=O) groups excluding carboxylic acids is 1. The predicted molar refractivity (Wildman–Crippen MR) is 123 cm³/mol. The molecule has 1 heterocycles. The van der Waals surface area contributed by atoms with Gasteiger partial charge in [-0.05, 0) is 68.0 Å². The van der Waals surface area contributed by atoms with Gasteiger partial charge in [-0.15, -0.1) is 11.8 Å². The molecule has 1 amide bonds. The highest BCUT2D eigenvalue weighted by Gasteiger charge is 2.19. The Morgan fingerprint density at radius 2 is 2.00 bits per heavy atom. The first kappa shape index (κ1) is 20.4. The number of rotatable bonds is 6. The fraction of sp³-hybridized carbons (Fsp3) is 0.375. The number of halogens is 1. The second-order valence-electron chi connectivity index (χ2n) is 7.69. The summed E-state index contributed by atoms with van der Waals surface area (Å²) >= 11 is 7.88. The van der Waals surface area contributed by atoms with E-state index in [-0.39, 0.29) is 5.91 Å². The Morgan fingerprint density at radius 3 is 2.79 bits per heavy atom. The zero-order chi connectivity index (χ0) is 20.1. The zero-order valence-electron chi connectivity index (χ0n) is 16.6.